The highest BCUT2D eigenvalue weighted by Crippen LogP contribution is 2.51. The molecule has 2 saturated heterocycles. The third-order valence-electron chi connectivity index (χ3n) is 15.7. The van der Waals surface area contributed by atoms with Gasteiger partial charge in [0.05, 0.1) is 47.8 Å². The van der Waals surface area contributed by atoms with Gasteiger partial charge in [0.25, 0.3) is 11.7 Å². The van der Waals surface area contributed by atoms with Crippen LogP contribution in [-0.2, 0) is 23.7 Å². The second kappa shape index (κ2) is 21.4. The number of phenolic OH excluding ortho intramolecular Hbond substituents is 2. The highest BCUT2D eigenvalue weighted by molar-refractivity contribution is 6.21. The van der Waals surface area contributed by atoms with E-state index in [0.29, 0.717) is 70.3 Å². The minimum atomic E-state index is -1.98. The van der Waals surface area contributed by atoms with Crippen LogP contribution in [0.2, 0.25) is 0 Å². The SMILES string of the molecule is COCC(C)(C)N1CCN(C(=O)O[C@H]2[C@H](C)[C@H](O)[C@H](C)[C@@H](O)[C@@H](C)/C=C/C=C(/C)C(=O)N=c3c(O)c4c(O)c(C)c5c(c4c4c3=NC3(CCN(CC(C)C)CC3)N4)C(=O)[C@@](C)(O/C=C/[C@H](OC)[C@H]2C)O5)CC1. The number of nitrogens with one attached hydrogen (secondary N) is 1. The minimum Gasteiger partial charge on any atom is -0.507 e. The lowest BCUT2D eigenvalue weighted by molar-refractivity contribution is -0.114. The number of likely N-dealkylation sites (tertiary alicyclic amines) is 1. The molecule has 18 heteroatoms. The molecular weight excluding hydrogens is 925 g/mol. The Bertz CT molecular complexity index is 2620. The number of benzene rings is 2. The zero-order valence-corrected chi connectivity index (χ0v) is 44.4. The molecule has 2 fully saturated rings. The van der Waals surface area contributed by atoms with Gasteiger partial charge in [0, 0.05) is 126 Å². The molecule has 6 aliphatic rings. The normalized spacial score (nSPS) is 31.3. The van der Waals surface area contributed by atoms with Crippen LogP contribution in [0.1, 0.15) is 98.0 Å². The van der Waals surface area contributed by atoms with Gasteiger partial charge in [-0.2, -0.15) is 0 Å². The van der Waals surface area contributed by atoms with Gasteiger partial charge < -0.3 is 59.2 Å². The van der Waals surface area contributed by atoms with E-state index in [1.807, 2.05) is 6.92 Å². The second-order valence-corrected chi connectivity index (χ2v) is 22.0. The number of aliphatic hydroxyl groups excluding tert-OH is 2. The van der Waals surface area contributed by atoms with Crippen LogP contribution in [0.25, 0.3) is 10.8 Å². The number of rotatable bonds is 7. The van der Waals surface area contributed by atoms with Crippen LogP contribution in [0.5, 0.6) is 17.2 Å². The van der Waals surface area contributed by atoms with E-state index in [0.717, 1.165) is 6.54 Å². The van der Waals surface area contributed by atoms with E-state index in [9.17, 15) is 34.8 Å². The summed E-state index contributed by atoms with van der Waals surface area (Å²) in [5.41, 5.74) is -0.382. The first-order valence-electron chi connectivity index (χ1n) is 25.5. The average molecular weight is 1000 g/mol. The summed E-state index contributed by atoms with van der Waals surface area (Å²) in [5, 5.41) is 51.6. The van der Waals surface area contributed by atoms with Crippen LogP contribution in [0.15, 0.2) is 46.1 Å². The van der Waals surface area contributed by atoms with Crippen molar-refractivity contribution in [2.45, 2.75) is 130 Å². The molecule has 0 radical (unpaired) electrons. The number of ether oxygens (including phenoxy) is 5. The molecule has 0 aliphatic carbocycles. The molecule has 396 valence electrons. The molecule has 5 bridgehead atoms. The van der Waals surface area contributed by atoms with Gasteiger partial charge in [-0.1, -0.05) is 59.8 Å². The summed E-state index contributed by atoms with van der Waals surface area (Å²) in [7, 11) is 3.16. The van der Waals surface area contributed by atoms with E-state index < -0.39 is 83.1 Å². The molecule has 5 N–H and O–H groups in total. The topological polar surface area (TPSA) is 225 Å². The Hall–Kier alpha value is -5.11. The molecule has 2 amide bonds. The van der Waals surface area contributed by atoms with Gasteiger partial charge in [-0.05, 0) is 39.7 Å². The van der Waals surface area contributed by atoms with Crippen molar-refractivity contribution < 1.29 is 58.5 Å². The molecule has 6 heterocycles. The Morgan fingerprint density at radius 3 is 2.21 bits per heavy atom. The number of fused-ring (bicyclic) bond motifs is 13. The Morgan fingerprint density at radius 1 is 0.917 bits per heavy atom. The number of anilines is 1. The van der Waals surface area contributed by atoms with Crippen molar-refractivity contribution in [3.8, 4) is 17.2 Å². The Kier molecular flexibility index (Phi) is 16.2. The van der Waals surface area contributed by atoms with Crippen molar-refractivity contribution >= 4 is 34.2 Å². The number of phenols is 2. The van der Waals surface area contributed by atoms with Crippen molar-refractivity contribution in [2.75, 3.05) is 72.0 Å². The van der Waals surface area contributed by atoms with E-state index in [1.165, 1.54) is 20.3 Å². The quantitative estimate of drug-likeness (QED) is 0.220. The number of nitrogens with zero attached hydrogens (tertiary/aromatic N) is 5. The zero-order chi connectivity index (χ0) is 52.8. The highest BCUT2D eigenvalue weighted by Gasteiger charge is 2.51. The van der Waals surface area contributed by atoms with E-state index in [1.54, 1.807) is 70.9 Å². The Labute approximate surface area is 423 Å². The van der Waals surface area contributed by atoms with Crippen LogP contribution < -0.4 is 20.8 Å². The first-order valence-corrected chi connectivity index (χ1v) is 25.5. The first kappa shape index (κ1) is 54.7. The van der Waals surface area contributed by atoms with Crippen molar-refractivity contribution in [1.29, 1.82) is 0 Å². The number of carbonyl (C=O) groups is 3. The first-order chi connectivity index (χ1) is 33.9. The second-order valence-electron chi connectivity index (χ2n) is 22.0. The molecule has 2 aromatic carbocycles. The Morgan fingerprint density at radius 2 is 1.58 bits per heavy atom. The molecule has 72 heavy (non-hydrogen) atoms. The smallest absolute Gasteiger partial charge is 0.410 e. The van der Waals surface area contributed by atoms with Gasteiger partial charge >= 0.3 is 11.9 Å². The summed E-state index contributed by atoms with van der Waals surface area (Å²) in [6.07, 6.45) is 4.38. The van der Waals surface area contributed by atoms with E-state index in [-0.39, 0.29) is 55.2 Å². The van der Waals surface area contributed by atoms with E-state index in [2.05, 4.69) is 47.8 Å². The van der Waals surface area contributed by atoms with Gasteiger partial charge in [0.2, 0.25) is 0 Å². The van der Waals surface area contributed by atoms with Crippen molar-refractivity contribution in [3.05, 3.63) is 58.0 Å². The number of ketones is 1. The molecule has 18 nitrogen and oxygen atoms in total. The van der Waals surface area contributed by atoms with Gasteiger partial charge in [0.1, 0.15) is 34.0 Å². The number of methoxy groups -OCH3 is 2. The molecule has 9 atom stereocenters. The largest absolute Gasteiger partial charge is 0.507 e. The van der Waals surface area contributed by atoms with Gasteiger partial charge in [0.15, 0.2) is 5.75 Å². The lowest BCUT2D eigenvalue weighted by Gasteiger charge is -2.44. The predicted octanol–water partition coefficient (Wildman–Crippen LogP) is 5.37. The summed E-state index contributed by atoms with van der Waals surface area (Å²) in [6.45, 7) is 25.1. The Balaban J connectivity index is 1.31. The molecule has 6 aliphatic heterocycles. The molecule has 0 saturated carbocycles. The van der Waals surface area contributed by atoms with Crippen LogP contribution in [-0.4, -0.2) is 161 Å². The van der Waals surface area contributed by atoms with Gasteiger partial charge in [-0.15, -0.1) is 0 Å². The van der Waals surface area contributed by atoms with Crippen LogP contribution in [0, 0.1) is 36.5 Å². The van der Waals surface area contributed by atoms with Crippen LogP contribution in [0.3, 0.4) is 0 Å². The maximum atomic E-state index is 15.0. The molecule has 0 unspecified atom stereocenters. The molecular formula is C54H78N6O12. The highest BCUT2D eigenvalue weighted by atomic mass is 16.7. The lowest BCUT2D eigenvalue weighted by Crippen LogP contribution is -2.58. The summed E-state index contributed by atoms with van der Waals surface area (Å²) >= 11 is 0. The zero-order valence-electron chi connectivity index (χ0n) is 44.4. The van der Waals surface area contributed by atoms with Gasteiger partial charge in [-0.25, -0.2) is 9.79 Å². The molecule has 0 aromatic heterocycles. The number of hydrogen-bond acceptors (Lipinski definition) is 16. The van der Waals surface area contributed by atoms with Crippen molar-refractivity contribution in [1.82, 2.24) is 14.7 Å². The molecule has 2 aromatic rings. The van der Waals surface area contributed by atoms with Crippen LogP contribution in [0.4, 0.5) is 10.5 Å². The number of piperazine rings is 1. The fourth-order valence-corrected chi connectivity index (χ4v) is 11.2. The van der Waals surface area contributed by atoms with E-state index >= 15 is 0 Å². The third-order valence-corrected chi connectivity index (χ3v) is 15.7. The lowest BCUT2D eigenvalue weighted by atomic mass is 9.78. The number of aromatic hydroxyl groups is 2. The summed E-state index contributed by atoms with van der Waals surface area (Å²) in [5.74, 6) is -6.26. The van der Waals surface area contributed by atoms with Crippen molar-refractivity contribution in [3.63, 3.8) is 0 Å². The summed E-state index contributed by atoms with van der Waals surface area (Å²) in [6, 6.07) is 0. The predicted molar refractivity (Wildman–Crippen MR) is 272 cm³/mol. The third kappa shape index (κ3) is 10.5. The number of carbonyl (C=O) groups excluding carboxylic acids is 3. The fourth-order valence-electron chi connectivity index (χ4n) is 11.2. The monoisotopic (exact) mass is 1000 g/mol. The van der Waals surface area contributed by atoms with Crippen molar-refractivity contribution in [2.24, 2.45) is 39.6 Å². The maximum absolute atomic E-state index is 15.0. The number of aliphatic hydroxyl groups is 2. The fraction of sp³-hybridized carbons (Fsp3) is 0.648. The summed E-state index contributed by atoms with van der Waals surface area (Å²) in [4.78, 5) is 59.0. The number of amides is 2. The number of hydrogen-bond donors (Lipinski definition) is 5. The number of allylic oxidation sites excluding steroid dienone is 2. The minimum absolute atomic E-state index is 0.0493. The molecule has 8 rings (SSSR count). The maximum Gasteiger partial charge on any atom is 0.410 e. The number of piperidine rings is 1. The standard InChI is InChI=1S/C54H78N6O12/c1-29(2)27-58-20-18-54(19-21-58)56-40-37-38-45(63)35(8)48-39(37)49(65)53(11,72-48)70-26-17-36(69-13)32(5)47(71-51(67)59-22-24-60(25-23-59)52(9,10)28-68-12)34(7)44(62)33(6)43(61)30(3)15-14-16-31(4)50(66)55-42(46(38)64)41(40)57-54/h14-17,26,29-30,32-34,36,43-44,47,56,61-64H,18-25,27-28H2,1-13H3/b15-14+,26-17+,31-16-,55-42?/t30-,32+,33+,34+,36-,43-,44+,47+,53-/m0/s1. The van der Waals surface area contributed by atoms with Gasteiger partial charge in [-0.3, -0.25) is 19.5 Å². The average Bonchev–Trinajstić information content (AvgIpc) is 3.84. The molecule has 1 spiro atoms. The van der Waals surface area contributed by atoms with Crippen LogP contribution >= 0.6 is 0 Å². The van der Waals surface area contributed by atoms with E-state index in [4.69, 9.17) is 28.7 Å². The summed E-state index contributed by atoms with van der Waals surface area (Å²) < 4.78 is 30.4. The number of Topliss-reactive ketones (excluding diaryl/α,β-unsaturated/α-hetero) is 1.